The van der Waals surface area contributed by atoms with Crippen LogP contribution in [0.5, 0.6) is 0 Å². The van der Waals surface area contributed by atoms with Crippen molar-refractivity contribution in [2.75, 3.05) is 5.32 Å². The van der Waals surface area contributed by atoms with E-state index in [-0.39, 0.29) is 24.8 Å². The Balaban J connectivity index is 0.00000240. The lowest BCUT2D eigenvalue weighted by Gasteiger charge is -2.10. The lowest BCUT2D eigenvalue weighted by molar-refractivity contribution is 0.105. The molecule has 0 unspecified atom stereocenters. The summed E-state index contributed by atoms with van der Waals surface area (Å²) in [6.45, 7) is 0.620. The number of ether oxygens (including phenoxy) is 1. The number of hydrogen-bond acceptors (Lipinski definition) is 4. The summed E-state index contributed by atoms with van der Waals surface area (Å²) in [6.07, 6.45) is 1.80. The standard InChI is InChI=1S/C22H17BrFN3O.ClH/c23-18-11-15(13-28-14-17-6-1-3-7-19(17)24)9-10-21(18)27-22-25-12-16-5-2-4-8-20(16)26-22;/h1-12H,13-14H2,(H,25,26,27);1H. The maximum Gasteiger partial charge on any atom is 0.227 e. The maximum absolute atomic E-state index is 13.6. The molecule has 4 rings (SSSR count). The van der Waals surface area contributed by atoms with Gasteiger partial charge in [-0.15, -0.1) is 12.4 Å². The lowest BCUT2D eigenvalue weighted by Crippen LogP contribution is -1.99. The van der Waals surface area contributed by atoms with Crippen LogP contribution in [-0.2, 0) is 18.0 Å². The fourth-order valence-electron chi connectivity index (χ4n) is 2.80. The quantitative estimate of drug-likeness (QED) is 0.350. The minimum Gasteiger partial charge on any atom is -0.372 e. The van der Waals surface area contributed by atoms with Crippen LogP contribution >= 0.6 is 28.3 Å². The van der Waals surface area contributed by atoms with Crippen LogP contribution in [0.4, 0.5) is 16.0 Å². The zero-order valence-electron chi connectivity index (χ0n) is 15.3. The van der Waals surface area contributed by atoms with E-state index in [1.54, 1.807) is 24.4 Å². The molecule has 0 bridgehead atoms. The second-order valence-electron chi connectivity index (χ2n) is 6.28. The summed E-state index contributed by atoms with van der Waals surface area (Å²) >= 11 is 3.57. The van der Waals surface area contributed by atoms with E-state index < -0.39 is 0 Å². The summed E-state index contributed by atoms with van der Waals surface area (Å²) in [4.78, 5) is 8.88. The molecule has 29 heavy (non-hydrogen) atoms. The van der Waals surface area contributed by atoms with Gasteiger partial charge in [-0.25, -0.2) is 14.4 Å². The molecule has 0 atom stereocenters. The van der Waals surface area contributed by atoms with Crippen molar-refractivity contribution in [2.45, 2.75) is 13.2 Å². The number of halogens is 3. The predicted molar refractivity (Wildman–Crippen MR) is 119 cm³/mol. The van der Waals surface area contributed by atoms with Crippen LogP contribution in [0.25, 0.3) is 10.9 Å². The molecule has 0 saturated heterocycles. The zero-order valence-corrected chi connectivity index (χ0v) is 17.7. The Kier molecular flexibility index (Phi) is 7.14. The van der Waals surface area contributed by atoms with E-state index in [0.29, 0.717) is 18.1 Å². The molecule has 4 aromatic rings. The Morgan fingerprint density at radius 3 is 2.59 bits per heavy atom. The number of rotatable bonds is 6. The number of nitrogens with zero attached hydrogens (tertiary/aromatic N) is 2. The van der Waals surface area contributed by atoms with Crippen LogP contribution < -0.4 is 5.32 Å². The highest BCUT2D eigenvalue weighted by molar-refractivity contribution is 9.10. The first-order chi connectivity index (χ1) is 13.7. The van der Waals surface area contributed by atoms with Gasteiger partial charge >= 0.3 is 0 Å². The van der Waals surface area contributed by atoms with Crippen LogP contribution in [0.2, 0.25) is 0 Å². The van der Waals surface area contributed by atoms with E-state index in [1.807, 2.05) is 42.5 Å². The number of hydrogen-bond donors (Lipinski definition) is 1. The van der Waals surface area contributed by atoms with Crippen LogP contribution in [0.3, 0.4) is 0 Å². The first-order valence-electron chi connectivity index (χ1n) is 8.77. The monoisotopic (exact) mass is 473 g/mol. The summed E-state index contributed by atoms with van der Waals surface area (Å²) < 4.78 is 20.1. The molecule has 1 aromatic heterocycles. The minimum absolute atomic E-state index is 0. The Morgan fingerprint density at radius 1 is 0.966 bits per heavy atom. The van der Waals surface area contributed by atoms with Gasteiger partial charge in [0.1, 0.15) is 5.82 Å². The summed E-state index contributed by atoms with van der Waals surface area (Å²) in [5.41, 5.74) is 3.27. The molecule has 0 aliphatic rings. The van der Waals surface area contributed by atoms with Gasteiger partial charge in [0, 0.05) is 21.6 Å². The van der Waals surface area contributed by atoms with Crippen molar-refractivity contribution in [3.63, 3.8) is 0 Å². The highest BCUT2D eigenvalue weighted by atomic mass is 79.9. The molecule has 148 valence electrons. The normalized spacial score (nSPS) is 10.6. The van der Waals surface area contributed by atoms with Gasteiger partial charge in [0.2, 0.25) is 5.95 Å². The Bertz CT molecular complexity index is 1130. The summed E-state index contributed by atoms with van der Waals surface area (Å²) in [5.74, 6) is 0.279. The third-order valence-corrected chi connectivity index (χ3v) is 4.91. The summed E-state index contributed by atoms with van der Waals surface area (Å²) in [7, 11) is 0. The van der Waals surface area contributed by atoms with E-state index in [1.165, 1.54) is 6.07 Å². The highest BCUT2D eigenvalue weighted by Gasteiger charge is 2.06. The second kappa shape index (κ2) is 9.78. The molecule has 4 nitrogen and oxygen atoms in total. The van der Waals surface area contributed by atoms with Crippen LogP contribution in [0.1, 0.15) is 11.1 Å². The van der Waals surface area contributed by atoms with Crippen molar-refractivity contribution in [3.8, 4) is 0 Å². The van der Waals surface area contributed by atoms with Crippen molar-refractivity contribution in [1.82, 2.24) is 9.97 Å². The van der Waals surface area contributed by atoms with Crippen molar-refractivity contribution >= 4 is 50.9 Å². The Labute approximate surface area is 182 Å². The van der Waals surface area contributed by atoms with Crippen LogP contribution in [0, 0.1) is 5.82 Å². The molecular formula is C22H18BrClFN3O. The van der Waals surface area contributed by atoms with Gasteiger partial charge in [-0.1, -0.05) is 42.5 Å². The molecule has 0 saturated carbocycles. The number of aromatic nitrogens is 2. The first-order valence-corrected chi connectivity index (χ1v) is 9.57. The second-order valence-corrected chi connectivity index (χ2v) is 7.13. The Hall–Kier alpha value is -2.54. The topological polar surface area (TPSA) is 47.0 Å². The highest BCUT2D eigenvalue weighted by Crippen LogP contribution is 2.27. The number of benzene rings is 3. The van der Waals surface area contributed by atoms with Crippen molar-refractivity contribution in [2.24, 2.45) is 0 Å². The van der Waals surface area contributed by atoms with Crippen molar-refractivity contribution < 1.29 is 9.13 Å². The average molecular weight is 475 g/mol. The maximum atomic E-state index is 13.6. The smallest absolute Gasteiger partial charge is 0.227 e. The van der Waals surface area contributed by atoms with E-state index in [9.17, 15) is 4.39 Å². The third kappa shape index (κ3) is 5.29. The molecule has 0 fully saturated rings. The van der Waals surface area contributed by atoms with E-state index in [4.69, 9.17) is 4.74 Å². The van der Waals surface area contributed by atoms with Gasteiger partial charge in [0.15, 0.2) is 0 Å². The Morgan fingerprint density at radius 2 is 1.76 bits per heavy atom. The van der Waals surface area contributed by atoms with E-state index in [2.05, 4.69) is 31.2 Å². The van der Waals surface area contributed by atoms with Gasteiger partial charge in [-0.05, 0) is 45.8 Å². The SMILES string of the molecule is Cl.Fc1ccccc1COCc1ccc(Nc2ncc3ccccc3n2)c(Br)c1. The van der Waals surface area contributed by atoms with Gasteiger partial charge < -0.3 is 10.1 Å². The molecule has 0 aliphatic carbocycles. The van der Waals surface area contributed by atoms with Gasteiger partial charge in [-0.2, -0.15) is 0 Å². The molecule has 1 N–H and O–H groups in total. The number of para-hydroxylation sites is 1. The molecule has 0 spiro atoms. The van der Waals surface area contributed by atoms with Crippen molar-refractivity contribution in [3.05, 3.63) is 94.3 Å². The average Bonchev–Trinajstić information content (AvgIpc) is 2.71. The number of nitrogens with one attached hydrogen (secondary N) is 1. The summed E-state index contributed by atoms with van der Waals surface area (Å²) in [5, 5.41) is 4.22. The lowest BCUT2D eigenvalue weighted by atomic mass is 10.2. The molecule has 1 heterocycles. The van der Waals surface area contributed by atoms with Gasteiger partial charge in [0.05, 0.1) is 24.4 Å². The molecular weight excluding hydrogens is 457 g/mol. The number of fused-ring (bicyclic) bond motifs is 1. The van der Waals surface area contributed by atoms with E-state index in [0.717, 1.165) is 26.6 Å². The third-order valence-electron chi connectivity index (χ3n) is 4.25. The van der Waals surface area contributed by atoms with E-state index >= 15 is 0 Å². The molecule has 0 radical (unpaired) electrons. The number of anilines is 2. The molecule has 3 aromatic carbocycles. The zero-order chi connectivity index (χ0) is 19.3. The first kappa shape index (κ1) is 21.2. The fraction of sp³-hybridized carbons (Fsp3) is 0.0909. The summed E-state index contributed by atoms with van der Waals surface area (Å²) in [6, 6.07) is 20.3. The van der Waals surface area contributed by atoms with Crippen LogP contribution in [0.15, 0.2) is 77.4 Å². The van der Waals surface area contributed by atoms with Gasteiger partial charge in [0.25, 0.3) is 0 Å². The van der Waals surface area contributed by atoms with Crippen molar-refractivity contribution in [1.29, 1.82) is 0 Å². The van der Waals surface area contributed by atoms with Gasteiger partial charge in [-0.3, -0.25) is 0 Å². The minimum atomic E-state index is -0.251. The molecule has 0 aliphatic heterocycles. The largest absolute Gasteiger partial charge is 0.372 e. The fourth-order valence-corrected chi connectivity index (χ4v) is 3.32. The predicted octanol–water partition coefficient (Wildman–Crippen LogP) is 6.41. The molecule has 0 amide bonds. The van der Waals surface area contributed by atoms with Crippen LogP contribution in [-0.4, -0.2) is 9.97 Å². The molecule has 7 heteroatoms.